The van der Waals surface area contributed by atoms with Gasteiger partial charge in [0, 0.05) is 43.7 Å². The molecule has 1 aliphatic rings. The second-order valence-corrected chi connectivity index (χ2v) is 6.32. The van der Waals surface area contributed by atoms with Crippen LogP contribution in [0.2, 0.25) is 0 Å². The number of carbonyl (C=O) groups excluding carboxylic acids is 1. The summed E-state index contributed by atoms with van der Waals surface area (Å²) in [6.07, 6.45) is 3.66. The molecule has 0 spiro atoms. The Morgan fingerprint density at radius 3 is 2.84 bits per heavy atom. The molecule has 1 aromatic carbocycles. The summed E-state index contributed by atoms with van der Waals surface area (Å²) in [5, 5.41) is 0. The van der Waals surface area contributed by atoms with E-state index in [4.69, 9.17) is 0 Å². The molecule has 0 aromatic heterocycles. The van der Waals surface area contributed by atoms with Gasteiger partial charge in [-0.05, 0) is 13.0 Å². The smallest absolute Gasteiger partial charge is 0.235 e. The SMILES string of the molecule is CCN1C(=O)C(I)C[C-]=C1c1ccc(Br)cc1F.[Y]. The van der Waals surface area contributed by atoms with Gasteiger partial charge in [-0.25, -0.2) is 10.5 Å². The number of amides is 1. The van der Waals surface area contributed by atoms with E-state index < -0.39 is 0 Å². The number of hydrogen-bond acceptors (Lipinski definition) is 1. The molecule has 6 heteroatoms. The molecule has 1 aliphatic heterocycles. The second kappa shape index (κ2) is 7.62. The Labute approximate surface area is 159 Å². The van der Waals surface area contributed by atoms with Crippen LogP contribution in [-0.2, 0) is 37.5 Å². The van der Waals surface area contributed by atoms with Gasteiger partial charge >= 0.3 is 0 Å². The minimum atomic E-state index is -0.343. The zero-order valence-corrected chi connectivity index (χ0v) is 16.9. The fourth-order valence-electron chi connectivity index (χ4n) is 1.88. The topological polar surface area (TPSA) is 20.3 Å². The molecule has 0 saturated carbocycles. The van der Waals surface area contributed by atoms with Gasteiger partial charge < -0.3 is 4.90 Å². The minimum absolute atomic E-state index is 0. The standard InChI is InChI=1S/C13H11BrFINO.Y/c1-2-17-12(6-5-11(16)13(17)18)9-4-3-8(14)7-10(9)15;/h3-4,7,11H,2,5H2,1H3;/q-1;. The maximum atomic E-state index is 13.9. The number of nitrogens with zero attached hydrogens (tertiary/aromatic N) is 1. The molecule has 1 atom stereocenters. The summed E-state index contributed by atoms with van der Waals surface area (Å²) in [5.41, 5.74) is 0.983. The van der Waals surface area contributed by atoms with Crippen molar-refractivity contribution in [2.45, 2.75) is 17.3 Å². The maximum absolute atomic E-state index is 13.9. The Hall–Kier alpha value is 0.674. The van der Waals surface area contributed by atoms with Crippen molar-refractivity contribution in [3.05, 3.63) is 40.1 Å². The summed E-state index contributed by atoms with van der Waals surface area (Å²) in [7, 11) is 0. The molecule has 2 nitrogen and oxygen atoms in total. The predicted molar refractivity (Wildman–Crippen MR) is 80.6 cm³/mol. The zero-order chi connectivity index (χ0) is 13.3. The van der Waals surface area contributed by atoms with Crippen molar-refractivity contribution >= 4 is 50.1 Å². The first-order valence-electron chi connectivity index (χ1n) is 5.56. The van der Waals surface area contributed by atoms with Gasteiger partial charge in [-0.1, -0.05) is 51.0 Å². The van der Waals surface area contributed by atoms with Crippen LogP contribution >= 0.6 is 38.5 Å². The van der Waals surface area contributed by atoms with Crippen LogP contribution in [0.3, 0.4) is 0 Å². The number of allylic oxidation sites excluding steroid dienone is 1. The van der Waals surface area contributed by atoms with E-state index in [0.29, 0.717) is 28.7 Å². The van der Waals surface area contributed by atoms with E-state index in [1.165, 1.54) is 6.07 Å². The number of rotatable bonds is 2. The number of carbonyl (C=O) groups is 1. The molecule has 19 heavy (non-hydrogen) atoms. The number of halogens is 3. The molecule has 99 valence electrons. The van der Waals surface area contributed by atoms with Crippen molar-refractivity contribution in [3.8, 4) is 0 Å². The van der Waals surface area contributed by atoms with Crippen molar-refractivity contribution < 1.29 is 41.9 Å². The molecular formula is C13H11BrFINOY-. The number of benzene rings is 1. The van der Waals surface area contributed by atoms with Crippen molar-refractivity contribution in [1.29, 1.82) is 0 Å². The van der Waals surface area contributed by atoms with E-state index in [1.807, 2.05) is 6.92 Å². The molecule has 1 aromatic rings. The van der Waals surface area contributed by atoms with Gasteiger partial charge in [-0.3, -0.25) is 4.79 Å². The maximum Gasteiger partial charge on any atom is 0.235 e. The van der Waals surface area contributed by atoms with E-state index in [9.17, 15) is 9.18 Å². The molecular weight excluding hydrogens is 501 g/mol. The molecule has 1 radical (unpaired) electrons. The summed E-state index contributed by atoms with van der Waals surface area (Å²) < 4.78 is 14.5. The first kappa shape index (κ1) is 17.7. The van der Waals surface area contributed by atoms with E-state index in [0.717, 1.165) is 0 Å². The van der Waals surface area contributed by atoms with E-state index >= 15 is 0 Å². The average molecular weight is 512 g/mol. The Kier molecular flexibility index (Phi) is 7.11. The molecule has 0 fully saturated rings. The number of alkyl halides is 1. The van der Waals surface area contributed by atoms with Gasteiger partial charge in [-0.2, -0.15) is 0 Å². The molecule has 2 rings (SSSR count). The van der Waals surface area contributed by atoms with Crippen molar-refractivity contribution in [1.82, 2.24) is 4.90 Å². The summed E-state index contributed by atoms with van der Waals surface area (Å²) >= 11 is 5.32. The summed E-state index contributed by atoms with van der Waals surface area (Å²) in [6.45, 7) is 2.40. The minimum Gasteiger partial charge on any atom is -0.347 e. The molecule has 1 amide bonds. The summed E-state index contributed by atoms with van der Waals surface area (Å²) in [4.78, 5) is 13.6. The van der Waals surface area contributed by atoms with Gasteiger partial charge in [0.15, 0.2) is 0 Å². The van der Waals surface area contributed by atoms with E-state index in [2.05, 4.69) is 44.6 Å². The van der Waals surface area contributed by atoms with Crippen LogP contribution in [0.5, 0.6) is 0 Å². The third-order valence-electron chi connectivity index (χ3n) is 2.76. The Balaban J connectivity index is 0.00000180. The van der Waals surface area contributed by atoms with Crippen LogP contribution in [0.4, 0.5) is 4.39 Å². The van der Waals surface area contributed by atoms with Gasteiger partial charge in [0.05, 0.1) is 9.74 Å². The van der Waals surface area contributed by atoms with Crippen LogP contribution in [0.25, 0.3) is 5.70 Å². The van der Waals surface area contributed by atoms with Gasteiger partial charge in [0.25, 0.3) is 0 Å². The normalized spacial score (nSPS) is 18.9. The first-order valence-corrected chi connectivity index (χ1v) is 7.60. The van der Waals surface area contributed by atoms with Gasteiger partial charge in [-0.15, -0.1) is 17.3 Å². The quantitative estimate of drug-likeness (QED) is 0.336. The van der Waals surface area contributed by atoms with Crippen molar-refractivity contribution in [2.75, 3.05) is 6.54 Å². The monoisotopic (exact) mass is 511 g/mol. The number of hydrogen-bond donors (Lipinski definition) is 0. The average Bonchev–Trinajstić information content (AvgIpc) is 2.33. The predicted octanol–water partition coefficient (Wildman–Crippen LogP) is 3.79. The molecule has 0 N–H and O–H groups in total. The molecule has 0 saturated heterocycles. The van der Waals surface area contributed by atoms with E-state index in [1.54, 1.807) is 17.0 Å². The molecule has 0 aliphatic carbocycles. The molecule has 1 unspecified atom stereocenters. The third kappa shape index (κ3) is 3.86. The van der Waals surface area contributed by atoms with Crippen LogP contribution in [0.15, 0.2) is 22.7 Å². The second-order valence-electron chi connectivity index (χ2n) is 3.90. The van der Waals surface area contributed by atoms with Crippen molar-refractivity contribution in [3.63, 3.8) is 0 Å². The zero-order valence-electron chi connectivity index (χ0n) is 10.3. The Morgan fingerprint density at radius 2 is 2.26 bits per heavy atom. The first-order chi connectivity index (χ1) is 8.54. The Bertz CT molecular complexity index is 523. The fourth-order valence-corrected chi connectivity index (χ4v) is 2.77. The van der Waals surface area contributed by atoms with Crippen molar-refractivity contribution in [2.24, 2.45) is 0 Å². The van der Waals surface area contributed by atoms with Crippen LogP contribution in [0.1, 0.15) is 18.9 Å². The fraction of sp³-hybridized carbons (Fsp3) is 0.308. The molecule has 0 bridgehead atoms. The van der Waals surface area contributed by atoms with Crippen LogP contribution in [-0.4, -0.2) is 21.3 Å². The van der Waals surface area contributed by atoms with Crippen LogP contribution in [0, 0.1) is 11.9 Å². The van der Waals surface area contributed by atoms with Gasteiger partial charge in [0.1, 0.15) is 0 Å². The van der Waals surface area contributed by atoms with Gasteiger partial charge in [0.2, 0.25) is 5.91 Å². The largest absolute Gasteiger partial charge is 0.347 e. The van der Waals surface area contributed by atoms with E-state index in [-0.39, 0.29) is 48.4 Å². The Morgan fingerprint density at radius 1 is 1.58 bits per heavy atom. The summed E-state index contributed by atoms with van der Waals surface area (Å²) in [5.74, 6) is -0.320. The van der Waals surface area contributed by atoms with Crippen LogP contribution < -0.4 is 0 Å². The third-order valence-corrected chi connectivity index (χ3v) is 4.22. The molecule has 1 heterocycles. The summed E-state index contributed by atoms with van der Waals surface area (Å²) in [6, 6.07) is 4.84.